The number of nitrogens with zero attached hydrogens (tertiary/aromatic N) is 1. The van der Waals surface area contributed by atoms with E-state index in [9.17, 15) is 4.79 Å². The zero-order chi connectivity index (χ0) is 8.97. The minimum Gasteiger partial charge on any atom is -0.342 e. The number of carbonyl (C=O) groups excluding carboxylic acids is 1. The second-order valence-corrected chi connectivity index (χ2v) is 2.16. The van der Waals surface area contributed by atoms with E-state index in [2.05, 4.69) is 15.9 Å². The van der Waals surface area contributed by atoms with Crippen LogP contribution in [0.25, 0.3) is 6.08 Å². The Bertz CT molecular complexity index is 312. The average molecular weight is 184 g/mol. The molecule has 0 fully saturated rings. The summed E-state index contributed by atoms with van der Waals surface area (Å²) in [7, 11) is 0. The number of aromatic nitrogens is 1. The van der Waals surface area contributed by atoms with Crippen molar-refractivity contribution in [1.82, 2.24) is 4.98 Å². The van der Waals surface area contributed by atoms with Gasteiger partial charge in [-0.1, -0.05) is 18.7 Å². The molecule has 0 aliphatic rings. The minimum atomic E-state index is -0.674. The quantitative estimate of drug-likeness (QED) is 0.704. The fourth-order valence-corrected chi connectivity index (χ4v) is 0.863. The summed E-state index contributed by atoms with van der Waals surface area (Å²) in [6, 6.07) is 3.39. The molecule has 0 unspecified atom stereocenters. The molecule has 1 heterocycles. The summed E-state index contributed by atoms with van der Waals surface area (Å²) in [5.74, 6) is -0.674. The molecule has 0 atom stereocenters. The highest BCUT2D eigenvalue weighted by Gasteiger charge is 2.10. The normalized spacial score (nSPS) is 9.08. The summed E-state index contributed by atoms with van der Waals surface area (Å²) in [5, 5.41) is 0. The first-order valence-electron chi connectivity index (χ1n) is 3.20. The van der Waals surface area contributed by atoms with Crippen LogP contribution in [0, 0.1) is 0 Å². The van der Waals surface area contributed by atoms with E-state index >= 15 is 0 Å². The van der Waals surface area contributed by atoms with E-state index in [0.29, 0.717) is 5.56 Å². The van der Waals surface area contributed by atoms with Crippen LogP contribution >= 0.6 is 11.9 Å². The summed E-state index contributed by atoms with van der Waals surface area (Å²) in [6.07, 6.45) is 2.99. The first kappa shape index (κ1) is 8.74. The number of carbonyl (C=O) groups is 1. The molecule has 0 radical (unpaired) electrons. The van der Waals surface area contributed by atoms with Crippen LogP contribution in [-0.4, -0.2) is 11.0 Å². The Morgan fingerprint density at radius 1 is 1.75 bits per heavy atom. The van der Waals surface area contributed by atoms with Crippen molar-refractivity contribution in [1.29, 1.82) is 0 Å². The molecule has 1 aromatic heterocycles. The first-order valence-corrected chi connectivity index (χ1v) is 3.51. The number of hydrogen-bond acceptors (Lipinski definition) is 3. The second-order valence-electron chi connectivity index (χ2n) is 2.01. The Balaban J connectivity index is 3.13. The van der Waals surface area contributed by atoms with Gasteiger partial charge in [0.15, 0.2) is 5.69 Å². The van der Waals surface area contributed by atoms with Crippen LogP contribution in [0.3, 0.4) is 0 Å². The third-order valence-corrected chi connectivity index (χ3v) is 1.46. The van der Waals surface area contributed by atoms with Gasteiger partial charge in [0.1, 0.15) is 11.9 Å². The van der Waals surface area contributed by atoms with Crippen molar-refractivity contribution >= 4 is 23.9 Å². The predicted octanol–water partition coefficient (Wildman–Crippen LogP) is 2.04. The molecule has 1 aromatic rings. The van der Waals surface area contributed by atoms with Crippen LogP contribution in [0.4, 0.5) is 0 Å². The second kappa shape index (κ2) is 3.88. The topological polar surface area (TPSA) is 39.2 Å². The number of rotatable bonds is 2. The van der Waals surface area contributed by atoms with E-state index in [4.69, 9.17) is 11.9 Å². The summed E-state index contributed by atoms with van der Waals surface area (Å²) in [4.78, 5) is 14.7. The highest BCUT2D eigenvalue weighted by atomic mass is 35.5. The van der Waals surface area contributed by atoms with Crippen LogP contribution in [0.1, 0.15) is 16.1 Å². The van der Waals surface area contributed by atoms with Gasteiger partial charge >= 0.3 is 5.97 Å². The van der Waals surface area contributed by atoms with Crippen molar-refractivity contribution in [3.05, 3.63) is 36.2 Å². The number of hydrogen-bond donors (Lipinski definition) is 0. The zero-order valence-electron chi connectivity index (χ0n) is 6.16. The maximum absolute atomic E-state index is 10.9. The van der Waals surface area contributed by atoms with Gasteiger partial charge in [0.05, 0.1) is 0 Å². The lowest BCUT2D eigenvalue weighted by Crippen LogP contribution is -2.03. The molecule has 0 spiro atoms. The summed E-state index contributed by atoms with van der Waals surface area (Å²) < 4.78 is 4.00. The third kappa shape index (κ3) is 1.62. The molecule has 0 aliphatic carbocycles. The molecular formula is C8H6ClNO2. The highest BCUT2D eigenvalue weighted by molar-refractivity contribution is 6.15. The highest BCUT2D eigenvalue weighted by Crippen LogP contribution is 2.08. The van der Waals surface area contributed by atoms with Crippen LogP contribution in [-0.2, 0) is 4.29 Å². The van der Waals surface area contributed by atoms with Crippen molar-refractivity contribution in [2.75, 3.05) is 0 Å². The van der Waals surface area contributed by atoms with Crippen LogP contribution < -0.4 is 0 Å². The van der Waals surface area contributed by atoms with E-state index < -0.39 is 5.97 Å². The monoisotopic (exact) mass is 183 g/mol. The minimum absolute atomic E-state index is 0.169. The molecule has 0 amide bonds. The molecule has 1 rings (SSSR count). The zero-order valence-corrected chi connectivity index (χ0v) is 6.91. The number of halogens is 1. The van der Waals surface area contributed by atoms with Gasteiger partial charge in [0.2, 0.25) is 0 Å². The Hall–Kier alpha value is -1.35. The van der Waals surface area contributed by atoms with Crippen LogP contribution in [0.15, 0.2) is 24.9 Å². The summed E-state index contributed by atoms with van der Waals surface area (Å²) >= 11 is 4.89. The molecule has 0 aliphatic heterocycles. The van der Waals surface area contributed by atoms with Crippen LogP contribution in [0.2, 0.25) is 0 Å². The Labute approximate surface area is 74.8 Å². The molecule has 3 nitrogen and oxygen atoms in total. The molecular weight excluding hydrogens is 178 g/mol. The molecule has 12 heavy (non-hydrogen) atoms. The van der Waals surface area contributed by atoms with Gasteiger partial charge in [-0.25, -0.2) is 9.78 Å². The molecule has 0 N–H and O–H groups in total. The van der Waals surface area contributed by atoms with Gasteiger partial charge in [0.25, 0.3) is 0 Å². The molecule has 0 saturated heterocycles. The smallest absolute Gasteiger partial charge is 0.342 e. The lowest BCUT2D eigenvalue weighted by atomic mass is 10.2. The summed E-state index contributed by atoms with van der Waals surface area (Å²) in [5.41, 5.74) is 0.769. The fourth-order valence-electron chi connectivity index (χ4n) is 0.790. The van der Waals surface area contributed by atoms with Crippen molar-refractivity contribution in [2.45, 2.75) is 0 Å². The first-order chi connectivity index (χ1) is 5.79. The van der Waals surface area contributed by atoms with E-state index in [-0.39, 0.29) is 5.69 Å². The largest absolute Gasteiger partial charge is 0.375 e. The SMILES string of the molecule is C=Cc1cccnc1C(=O)OCl. The average Bonchev–Trinajstić information content (AvgIpc) is 2.16. The molecule has 4 heteroatoms. The standard InChI is InChI=1S/C8H6ClNO2/c1-2-6-4-3-5-10-7(6)8(11)12-9/h2-5H,1H2. The molecule has 0 saturated carbocycles. The third-order valence-electron chi connectivity index (χ3n) is 1.32. The Morgan fingerprint density at radius 2 is 2.50 bits per heavy atom. The maximum Gasteiger partial charge on any atom is 0.375 e. The Kier molecular flexibility index (Phi) is 2.82. The predicted molar refractivity (Wildman–Crippen MR) is 45.6 cm³/mol. The van der Waals surface area contributed by atoms with E-state index in [1.165, 1.54) is 12.3 Å². The lowest BCUT2D eigenvalue weighted by Gasteiger charge is -1.98. The van der Waals surface area contributed by atoms with Crippen molar-refractivity contribution in [3.63, 3.8) is 0 Å². The van der Waals surface area contributed by atoms with Crippen molar-refractivity contribution in [2.24, 2.45) is 0 Å². The van der Waals surface area contributed by atoms with Gasteiger partial charge in [-0.3, -0.25) is 0 Å². The van der Waals surface area contributed by atoms with E-state index in [1.807, 2.05) is 0 Å². The van der Waals surface area contributed by atoms with Gasteiger partial charge in [-0.05, 0) is 6.07 Å². The van der Waals surface area contributed by atoms with Gasteiger partial charge in [-0.15, -0.1) is 0 Å². The Morgan fingerprint density at radius 3 is 3.08 bits per heavy atom. The van der Waals surface area contributed by atoms with Gasteiger partial charge in [-0.2, -0.15) is 0 Å². The molecule has 62 valence electrons. The maximum atomic E-state index is 10.9. The van der Waals surface area contributed by atoms with E-state index in [1.54, 1.807) is 12.1 Å². The molecule has 0 aromatic carbocycles. The van der Waals surface area contributed by atoms with Crippen LogP contribution in [0.5, 0.6) is 0 Å². The van der Waals surface area contributed by atoms with Crippen molar-refractivity contribution in [3.8, 4) is 0 Å². The fraction of sp³-hybridized carbons (Fsp3) is 0. The van der Waals surface area contributed by atoms with Crippen molar-refractivity contribution < 1.29 is 9.08 Å². The lowest BCUT2D eigenvalue weighted by molar-refractivity contribution is 0.0745. The summed E-state index contributed by atoms with van der Waals surface area (Å²) in [6.45, 7) is 3.52. The molecule has 0 bridgehead atoms. The van der Waals surface area contributed by atoms with Gasteiger partial charge in [0, 0.05) is 11.8 Å². The number of pyridine rings is 1. The van der Waals surface area contributed by atoms with E-state index in [0.717, 1.165) is 0 Å². The van der Waals surface area contributed by atoms with Gasteiger partial charge < -0.3 is 4.29 Å².